The zero-order valence-corrected chi connectivity index (χ0v) is 11.6. The van der Waals surface area contributed by atoms with Crippen LogP contribution in [0.25, 0.3) is 0 Å². The van der Waals surface area contributed by atoms with Crippen LogP contribution >= 0.6 is 0 Å². The van der Waals surface area contributed by atoms with E-state index in [1.165, 1.54) is 22.3 Å². The van der Waals surface area contributed by atoms with Crippen molar-refractivity contribution in [3.05, 3.63) is 70.3 Å². The zero-order valence-electron chi connectivity index (χ0n) is 11.6. The first-order valence-corrected chi connectivity index (χ1v) is 6.95. The number of aliphatic hydroxyl groups is 1. The predicted octanol–water partition coefficient (Wildman–Crippen LogP) is 3.68. The second-order valence-corrected chi connectivity index (χ2v) is 5.80. The molecule has 0 fully saturated rings. The van der Waals surface area contributed by atoms with Gasteiger partial charge in [-0.25, -0.2) is 0 Å². The van der Waals surface area contributed by atoms with Crippen molar-refractivity contribution in [1.29, 1.82) is 0 Å². The Kier molecular flexibility index (Phi) is 2.94. The maximum atomic E-state index is 11.1. The topological polar surface area (TPSA) is 20.2 Å². The SMILES string of the molecule is Cc1ccc(C2(O)CCc3ccccc3C2)c(C)c1. The summed E-state index contributed by atoms with van der Waals surface area (Å²) >= 11 is 0. The van der Waals surface area contributed by atoms with Gasteiger partial charge in [0.05, 0.1) is 5.60 Å². The molecule has 0 aromatic heterocycles. The van der Waals surface area contributed by atoms with E-state index in [2.05, 4.69) is 56.3 Å². The molecule has 0 saturated carbocycles. The number of fused-ring (bicyclic) bond motifs is 1. The molecule has 0 aliphatic heterocycles. The molecule has 98 valence electrons. The van der Waals surface area contributed by atoms with Gasteiger partial charge in [-0.15, -0.1) is 0 Å². The van der Waals surface area contributed by atoms with Crippen molar-refractivity contribution in [3.63, 3.8) is 0 Å². The lowest BCUT2D eigenvalue weighted by molar-refractivity contribution is 0.0216. The Hall–Kier alpha value is -1.60. The fourth-order valence-corrected chi connectivity index (χ4v) is 3.28. The number of hydrogen-bond donors (Lipinski definition) is 1. The second kappa shape index (κ2) is 4.50. The predicted molar refractivity (Wildman–Crippen MR) is 78.3 cm³/mol. The molecule has 0 amide bonds. The highest BCUT2D eigenvalue weighted by atomic mass is 16.3. The average molecular weight is 252 g/mol. The lowest BCUT2D eigenvalue weighted by Crippen LogP contribution is -2.33. The van der Waals surface area contributed by atoms with Crippen LogP contribution in [0, 0.1) is 13.8 Å². The Bertz CT molecular complexity index is 615. The van der Waals surface area contributed by atoms with Gasteiger partial charge >= 0.3 is 0 Å². The Morgan fingerprint density at radius 3 is 2.47 bits per heavy atom. The molecular formula is C18H20O. The molecule has 1 unspecified atom stereocenters. The summed E-state index contributed by atoms with van der Waals surface area (Å²) in [7, 11) is 0. The molecule has 2 aromatic rings. The summed E-state index contributed by atoms with van der Waals surface area (Å²) in [6, 6.07) is 14.8. The van der Waals surface area contributed by atoms with Crippen LogP contribution in [0.15, 0.2) is 42.5 Å². The third-order valence-corrected chi connectivity index (χ3v) is 4.29. The summed E-state index contributed by atoms with van der Waals surface area (Å²) in [5.74, 6) is 0. The summed E-state index contributed by atoms with van der Waals surface area (Å²) in [6.07, 6.45) is 2.50. The third-order valence-electron chi connectivity index (χ3n) is 4.29. The van der Waals surface area contributed by atoms with E-state index in [1.807, 2.05) is 0 Å². The minimum atomic E-state index is -0.702. The molecule has 1 heteroatoms. The fourth-order valence-electron chi connectivity index (χ4n) is 3.28. The van der Waals surface area contributed by atoms with E-state index < -0.39 is 5.60 Å². The van der Waals surface area contributed by atoms with E-state index in [9.17, 15) is 5.11 Å². The van der Waals surface area contributed by atoms with Gasteiger partial charge < -0.3 is 5.11 Å². The van der Waals surface area contributed by atoms with E-state index in [4.69, 9.17) is 0 Å². The standard InChI is InChI=1S/C18H20O/c1-13-7-8-17(14(2)11-13)18(19)10-9-15-5-3-4-6-16(15)12-18/h3-8,11,19H,9-10,12H2,1-2H3. The third kappa shape index (κ3) is 2.19. The number of rotatable bonds is 1. The van der Waals surface area contributed by atoms with Crippen LogP contribution in [0.1, 0.15) is 34.2 Å². The molecule has 3 rings (SSSR count). The van der Waals surface area contributed by atoms with Gasteiger partial charge in [0.2, 0.25) is 0 Å². The minimum absolute atomic E-state index is 0.702. The van der Waals surface area contributed by atoms with Gasteiger partial charge in [0, 0.05) is 6.42 Å². The first-order valence-electron chi connectivity index (χ1n) is 6.95. The fraction of sp³-hybridized carbons (Fsp3) is 0.333. The molecule has 19 heavy (non-hydrogen) atoms. The van der Waals surface area contributed by atoms with Gasteiger partial charge in [-0.1, -0.05) is 48.0 Å². The lowest BCUT2D eigenvalue weighted by atomic mass is 9.75. The summed E-state index contributed by atoms with van der Waals surface area (Å²) < 4.78 is 0. The van der Waals surface area contributed by atoms with E-state index >= 15 is 0 Å². The summed E-state index contributed by atoms with van der Waals surface area (Å²) in [5, 5.41) is 11.1. The second-order valence-electron chi connectivity index (χ2n) is 5.80. The van der Waals surface area contributed by atoms with Crippen LogP contribution in [-0.4, -0.2) is 5.11 Å². The van der Waals surface area contributed by atoms with Gasteiger partial charge in [-0.05, 0) is 48.9 Å². The van der Waals surface area contributed by atoms with Crippen molar-refractivity contribution in [1.82, 2.24) is 0 Å². The molecule has 0 bridgehead atoms. The van der Waals surface area contributed by atoms with Crippen molar-refractivity contribution in [2.45, 2.75) is 38.7 Å². The Morgan fingerprint density at radius 2 is 1.74 bits per heavy atom. The molecule has 0 radical (unpaired) electrons. The van der Waals surface area contributed by atoms with Crippen LogP contribution in [0.5, 0.6) is 0 Å². The van der Waals surface area contributed by atoms with Gasteiger partial charge in [-0.3, -0.25) is 0 Å². The molecule has 0 spiro atoms. The maximum Gasteiger partial charge on any atom is 0.0942 e. The highest BCUT2D eigenvalue weighted by molar-refractivity contribution is 5.40. The largest absolute Gasteiger partial charge is 0.385 e. The van der Waals surface area contributed by atoms with E-state index in [1.54, 1.807) is 0 Å². The van der Waals surface area contributed by atoms with Crippen molar-refractivity contribution in [2.24, 2.45) is 0 Å². The van der Waals surface area contributed by atoms with Crippen LogP contribution in [-0.2, 0) is 18.4 Å². The summed E-state index contributed by atoms with van der Waals surface area (Å²) in [6.45, 7) is 4.19. The number of benzene rings is 2. The Labute approximate surface area is 114 Å². The van der Waals surface area contributed by atoms with Crippen molar-refractivity contribution < 1.29 is 5.11 Å². The monoisotopic (exact) mass is 252 g/mol. The molecule has 0 saturated heterocycles. The first kappa shape index (κ1) is 12.4. The van der Waals surface area contributed by atoms with Gasteiger partial charge in [0.1, 0.15) is 0 Å². The molecular weight excluding hydrogens is 232 g/mol. The molecule has 1 atom stereocenters. The maximum absolute atomic E-state index is 11.1. The van der Waals surface area contributed by atoms with Crippen LogP contribution in [0.4, 0.5) is 0 Å². The van der Waals surface area contributed by atoms with E-state index in [-0.39, 0.29) is 0 Å². The van der Waals surface area contributed by atoms with Crippen LogP contribution in [0.2, 0.25) is 0 Å². The summed E-state index contributed by atoms with van der Waals surface area (Å²) in [5.41, 5.74) is 5.51. The molecule has 1 nitrogen and oxygen atoms in total. The van der Waals surface area contributed by atoms with Crippen molar-refractivity contribution in [2.75, 3.05) is 0 Å². The van der Waals surface area contributed by atoms with Crippen LogP contribution in [0.3, 0.4) is 0 Å². The van der Waals surface area contributed by atoms with Crippen molar-refractivity contribution >= 4 is 0 Å². The molecule has 2 aromatic carbocycles. The zero-order chi connectivity index (χ0) is 13.5. The minimum Gasteiger partial charge on any atom is -0.385 e. The quantitative estimate of drug-likeness (QED) is 0.821. The Balaban J connectivity index is 2.01. The van der Waals surface area contributed by atoms with Crippen LogP contribution < -0.4 is 0 Å². The number of hydrogen-bond acceptors (Lipinski definition) is 1. The molecule has 1 aliphatic rings. The molecule has 1 aliphatic carbocycles. The van der Waals surface area contributed by atoms with Gasteiger partial charge in [0.25, 0.3) is 0 Å². The average Bonchev–Trinajstić information content (AvgIpc) is 2.38. The van der Waals surface area contributed by atoms with E-state index in [0.29, 0.717) is 0 Å². The summed E-state index contributed by atoms with van der Waals surface area (Å²) in [4.78, 5) is 0. The smallest absolute Gasteiger partial charge is 0.0942 e. The normalized spacial score (nSPS) is 22.1. The molecule has 1 N–H and O–H groups in total. The van der Waals surface area contributed by atoms with E-state index in [0.717, 1.165) is 24.8 Å². The number of aryl methyl sites for hydroxylation is 3. The highest BCUT2D eigenvalue weighted by Crippen LogP contribution is 2.37. The molecule has 0 heterocycles. The van der Waals surface area contributed by atoms with Gasteiger partial charge in [0.15, 0.2) is 0 Å². The Morgan fingerprint density at radius 1 is 1.00 bits per heavy atom. The first-order chi connectivity index (χ1) is 9.08. The van der Waals surface area contributed by atoms with Gasteiger partial charge in [-0.2, -0.15) is 0 Å². The van der Waals surface area contributed by atoms with Crippen molar-refractivity contribution in [3.8, 4) is 0 Å². The highest BCUT2D eigenvalue weighted by Gasteiger charge is 2.34. The lowest BCUT2D eigenvalue weighted by Gasteiger charge is -2.35.